The molecule has 0 atom stereocenters. The Morgan fingerprint density at radius 2 is 1.75 bits per heavy atom. The van der Waals surface area contributed by atoms with Gasteiger partial charge in [-0.15, -0.1) is 0 Å². The van der Waals surface area contributed by atoms with Crippen LogP contribution < -0.4 is 14.2 Å². The van der Waals surface area contributed by atoms with Crippen molar-refractivity contribution in [1.82, 2.24) is 4.98 Å². The summed E-state index contributed by atoms with van der Waals surface area (Å²) >= 11 is 0. The molecule has 28 heavy (non-hydrogen) atoms. The van der Waals surface area contributed by atoms with Crippen molar-refractivity contribution in [1.29, 1.82) is 5.26 Å². The highest BCUT2D eigenvalue weighted by Crippen LogP contribution is 2.35. The lowest BCUT2D eigenvalue weighted by Crippen LogP contribution is -2.05. The van der Waals surface area contributed by atoms with Crippen LogP contribution in [0.2, 0.25) is 0 Å². The third-order valence-electron chi connectivity index (χ3n) is 4.47. The van der Waals surface area contributed by atoms with Crippen molar-refractivity contribution in [2.45, 2.75) is 32.8 Å². The number of nitrogens with zero attached hydrogens (tertiary/aromatic N) is 2. The summed E-state index contributed by atoms with van der Waals surface area (Å²) in [5.41, 5.74) is 2.90. The molecular formula is C23H24N2O3. The van der Waals surface area contributed by atoms with Crippen molar-refractivity contribution >= 4 is 10.8 Å². The van der Waals surface area contributed by atoms with E-state index in [1.165, 1.54) is 0 Å². The van der Waals surface area contributed by atoms with Gasteiger partial charge in [0.05, 0.1) is 38.5 Å². The average molecular weight is 376 g/mol. The van der Waals surface area contributed by atoms with Crippen LogP contribution in [0.15, 0.2) is 42.6 Å². The number of hydrogen-bond acceptors (Lipinski definition) is 5. The second-order valence-corrected chi connectivity index (χ2v) is 6.81. The highest BCUT2D eigenvalue weighted by molar-refractivity contribution is 5.91. The Hall–Kier alpha value is -3.26. The summed E-state index contributed by atoms with van der Waals surface area (Å²) in [6.45, 7) is 4.02. The van der Waals surface area contributed by atoms with E-state index in [4.69, 9.17) is 19.5 Å². The van der Waals surface area contributed by atoms with E-state index in [0.717, 1.165) is 33.3 Å². The number of pyridine rings is 1. The molecule has 0 bridgehead atoms. The molecule has 2 aromatic carbocycles. The van der Waals surface area contributed by atoms with Crippen LogP contribution in [0, 0.1) is 11.3 Å². The van der Waals surface area contributed by atoms with Gasteiger partial charge >= 0.3 is 0 Å². The molecule has 5 nitrogen and oxygen atoms in total. The summed E-state index contributed by atoms with van der Waals surface area (Å²) in [6, 6.07) is 14.1. The Kier molecular flexibility index (Phi) is 6.00. The molecule has 1 aromatic heterocycles. The molecule has 0 aliphatic carbocycles. The summed E-state index contributed by atoms with van der Waals surface area (Å²) in [5.74, 6) is 2.12. The van der Waals surface area contributed by atoms with Gasteiger partial charge in [0.25, 0.3) is 0 Å². The van der Waals surface area contributed by atoms with E-state index in [2.05, 4.69) is 17.1 Å². The molecule has 3 rings (SSSR count). The van der Waals surface area contributed by atoms with Gasteiger partial charge in [-0.1, -0.05) is 12.1 Å². The summed E-state index contributed by atoms with van der Waals surface area (Å²) in [4.78, 5) is 4.65. The maximum Gasteiger partial charge on any atom is 0.161 e. The second-order valence-electron chi connectivity index (χ2n) is 6.81. The summed E-state index contributed by atoms with van der Waals surface area (Å²) < 4.78 is 16.7. The first kappa shape index (κ1) is 19.5. The lowest BCUT2D eigenvalue weighted by molar-refractivity contribution is 0.242. The van der Waals surface area contributed by atoms with Gasteiger partial charge in [0.2, 0.25) is 0 Å². The highest BCUT2D eigenvalue weighted by Gasteiger charge is 2.14. The van der Waals surface area contributed by atoms with E-state index >= 15 is 0 Å². The minimum absolute atomic E-state index is 0.121. The smallest absolute Gasteiger partial charge is 0.161 e. The monoisotopic (exact) mass is 376 g/mol. The molecule has 0 amide bonds. The van der Waals surface area contributed by atoms with E-state index in [9.17, 15) is 0 Å². The van der Waals surface area contributed by atoms with Crippen LogP contribution in [-0.4, -0.2) is 25.3 Å². The third kappa shape index (κ3) is 4.17. The van der Waals surface area contributed by atoms with Crippen LogP contribution in [0.1, 0.15) is 30.7 Å². The van der Waals surface area contributed by atoms with Crippen molar-refractivity contribution in [3.8, 4) is 23.3 Å². The zero-order valence-corrected chi connectivity index (χ0v) is 16.7. The quantitative estimate of drug-likeness (QED) is 0.598. The standard InChI is InChI=1S/C23H24N2O3/c1-15(2)28-18-7-5-6-16(10-18)11-21-20-13-23(27-4)22(26-3)12-19(20)17(8-9-24)14-25-21/h5-7,10,12-15H,8,11H2,1-4H3. The summed E-state index contributed by atoms with van der Waals surface area (Å²) in [6.07, 6.45) is 2.84. The van der Waals surface area contributed by atoms with E-state index in [-0.39, 0.29) is 12.5 Å². The molecule has 144 valence electrons. The predicted octanol–water partition coefficient (Wildman–Crippen LogP) is 4.70. The first-order chi connectivity index (χ1) is 13.5. The molecule has 0 saturated carbocycles. The molecule has 0 unspecified atom stereocenters. The van der Waals surface area contributed by atoms with Crippen molar-refractivity contribution in [2.75, 3.05) is 14.2 Å². The van der Waals surface area contributed by atoms with Gasteiger partial charge in [0, 0.05) is 18.0 Å². The number of rotatable bonds is 7. The lowest BCUT2D eigenvalue weighted by Gasteiger charge is -2.14. The zero-order chi connectivity index (χ0) is 20.1. The summed E-state index contributed by atoms with van der Waals surface area (Å²) in [7, 11) is 3.22. The highest BCUT2D eigenvalue weighted by atomic mass is 16.5. The molecule has 0 N–H and O–H groups in total. The predicted molar refractivity (Wildman–Crippen MR) is 109 cm³/mol. The topological polar surface area (TPSA) is 64.4 Å². The van der Waals surface area contributed by atoms with Gasteiger partial charge in [-0.2, -0.15) is 5.26 Å². The first-order valence-electron chi connectivity index (χ1n) is 9.20. The van der Waals surface area contributed by atoms with Gasteiger partial charge < -0.3 is 14.2 Å². The molecule has 5 heteroatoms. The Balaban J connectivity index is 2.08. The maximum atomic E-state index is 9.17. The molecule has 0 aliphatic heterocycles. The van der Waals surface area contributed by atoms with Gasteiger partial charge in [-0.3, -0.25) is 4.98 Å². The van der Waals surface area contributed by atoms with Gasteiger partial charge in [-0.05, 0) is 54.6 Å². The zero-order valence-electron chi connectivity index (χ0n) is 16.7. The Bertz CT molecular complexity index is 1020. The van der Waals surface area contributed by atoms with E-state index in [0.29, 0.717) is 17.9 Å². The van der Waals surface area contributed by atoms with Crippen LogP contribution in [0.5, 0.6) is 17.2 Å². The Labute approximate surface area is 165 Å². The van der Waals surface area contributed by atoms with Gasteiger partial charge in [-0.25, -0.2) is 0 Å². The van der Waals surface area contributed by atoms with Crippen molar-refractivity contribution < 1.29 is 14.2 Å². The number of fused-ring (bicyclic) bond motifs is 1. The number of methoxy groups -OCH3 is 2. The minimum atomic E-state index is 0.121. The maximum absolute atomic E-state index is 9.17. The number of benzene rings is 2. The van der Waals surface area contributed by atoms with Gasteiger partial charge in [0.1, 0.15) is 5.75 Å². The Morgan fingerprint density at radius 1 is 1.04 bits per heavy atom. The third-order valence-corrected chi connectivity index (χ3v) is 4.47. The van der Waals surface area contributed by atoms with E-state index in [1.807, 2.05) is 44.2 Å². The second kappa shape index (κ2) is 8.62. The van der Waals surface area contributed by atoms with Crippen LogP contribution in [0.4, 0.5) is 0 Å². The first-order valence-corrected chi connectivity index (χ1v) is 9.20. The fourth-order valence-electron chi connectivity index (χ4n) is 3.24. The van der Waals surface area contributed by atoms with Crippen molar-refractivity contribution in [2.24, 2.45) is 0 Å². The largest absolute Gasteiger partial charge is 0.493 e. The van der Waals surface area contributed by atoms with Crippen LogP contribution in [0.25, 0.3) is 10.8 Å². The number of aromatic nitrogens is 1. The lowest BCUT2D eigenvalue weighted by atomic mass is 9.99. The molecule has 0 spiro atoms. The van der Waals surface area contributed by atoms with Gasteiger partial charge in [0.15, 0.2) is 11.5 Å². The molecule has 3 aromatic rings. The van der Waals surface area contributed by atoms with E-state index in [1.54, 1.807) is 20.4 Å². The summed E-state index contributed by atoms with van der Waals surface area (Å²) in [5, 5.41) is 11.1. The Morgan fingerprint density at radius 3 is 2.39 bits per heavy atom. The van der Waals surface area contributed by atoms with E-state index < -0.39 is 0 Å². The molecule has 0 fully saturated rings. The fraction of sp³-hybridized carbons (Fsp3) is 0.304. The molecular weight excluding hydrogens is 352 g/mol. The average Bonchev–Trinajstić information content (AvgIpc) is 2.68. The SMILES string of the molecule is COc1cc2c(CC#N)cnc(Cc3cccc(OC(C)C)c3)c2cc1OC. The number of ether oxygens (including phenoxy) is 3. The van der Waals surface area contributed by atoms with Crippen molar-refractivity contribution in [3.05, 3.63) is 59.4 Å². The number of hydrogen-bond donors (Lipinski definition) is 0. The van der Waals surface area contributed by atoms with Crippen LogP contribution >= 0.6 is 0 Å². The fourth-order valence-corrected chi connectivity index (χ4v) is 3.24. The molecule has 0 saturated heterocycles. The van der Waals surface area contributed by atoms with Crippen LogP contribution in [0.3, 0.4) is 0 Å². The van der Waals surface area contributed by atoms with Crippen molar-refractivity contribution in [3.63, 3.8) is 0 Å². The minimum Gasteiger partial charge on any atom is -0.493 e. The normalized spacial score (nSPS) is 10.7. The number of nitriles is 1. The van der Waals surface area contributed by atoms with Crippen LogP contribution in [-0.2, 0) is 12.8 Å². The molecule has 0 radical (unpaired) electrons. The molecule has 0 aliphatic rings. The molecule has 1 heterocycles.